The number of para-hydroxylation sites is 1. The van der Waals surface area contributed by atoms with E-state index in [0.717, 1.165) is 28.0 Å². The molecule has 0 saturated heterocycles. The second kappa shape index (κ2) is 11.7. The van der Waals surface area contributed by atoms with Crippen molar-refractivity contribution in [3.63, 3.8) is 0 Å². The molecule has 1 aliphatic rings. The molecule has 2 aromatic heterocycles. The number of rotatable bonds is 2. The maximum Gasteiger partial charge on any atom is 0.0595 e. The molecule has 5 aromatic carbocycles. The van der Waals surface area contributed by atoms with Gasteiger partial charge in [-0.1, -0.05) is 109 Å². The molecule has 3 heteroatoms. The number of pyridine rings is 2. The number of hydrogen-bond acceptors (Lipinski definition) is 2. The molecule has 1 aliphatic carbocycles. The van der Waals surface area contributed by atoms with Crippen molar-refractivity contribution in [3.8, 4) is 33.6 Å². The van der Waals surface area contributed by atoms with E-state index in [-0.39, 0.29) is 25.5 Å². The fourth-order valence-corrected chi connectivity index (χ4v) is 5.93. The second-order valence-corrected chi connectivity index (χ2v) is 11.4. The fourth-order valence-electron chi connectivity index (χ4n) is 5.93. The molecule has 1 radical (unpaired) electrons. The van der Waals surface area contributed by atoms with Crippen LogP contribution in [0.3, 0.4) is 0 Å². The van der Waals surface area contributed by atoms with Crippen LogP contribution in [0.5, 0.6) is 0 Å². The third-order valence-corrected chi connectivity index (χ3v) is 8.25. The molecule has 211 valence electrons. The summed E-state index contributed by atoms with van der Waals surface area (Å²) in [4.78, 5) is 9.30. The first-order valence-electron chi connectivity index (χ1n) is 14.3. The van der Waals surface area contributed by atoms with Gasteiger partial charge in [-0.15, -0.1) is 65.2 Å². The van der Waals surface area contributed by atoms with E-state index in [2.05, 4.69) is 111 Å². The zero-order chi connectivity index (χ0) is 28.7. The van der Waals surface area contributed by atoms with Crippen molar-refractivity contribution in [1.29, 1.82) is 0 Å². The van der Waals surface area contributed by atoms with E-state index in [4.69, 9.17) is 4.98 Å². The standard InChI is InChI=1S/C25H20N.C15H10N.Ir/c1-16-8-11-19-20-12-9-18(15-22(20)25(2,3)21(19)14-16)24-13-10-17-6-4-5-7-23(17)26-24;1-2-6-12(7-3-1)15-10-13-8-4-5-9-14(13)11-16-15;/h4-8,10-15H,1-3H3;1-6,8-11H;/q2*-1;. The average Bonchev–Trinajstić information content (AvgIpc) is 3.26. The number of aromatic nitrogens is 2. The van der Waals surface area contributed by atoms with Crippen LogP contribution >= 0.6 is 0 Å². The van der Waals surface area contributed by atoms with Gasteiger partial charge >= 0.3 is 0 Å². The summed E-state index contributed by atoms with van der Waals surface area (Å²) in [5, 5.41) is 3.55. The summed E-state index contributed by atoms with van der Waals surface area (Å²) in [6, 6.07) is 48.6. The van der Waals surface area contributed by atoms with Gasteiger partial charge in [-0.05, 0) is 51.5 Å². The predicted octanol–water partition coefficient (Wildman–Crippen LogP) is 10.0. The summed E-state index contributed by atoms with van der Waals surface area (Å²) in [6.45, 7) is 6.79. The van der Waals surface area contributed by atoms with Gasteiger partial charge in [-0.2, -0.15) is 0 Å². The maximum absolute atomic E-state index is 4.85. The molecule has 0 bridgehead atoms. The summed E-state index contributed by atoms with van der Waals surface area (Å²) in [6.07, 6.45) is 1.91. The third kappa shape index (κ3) is 5.43. The van der Waals surface area contributed by atoms with E-state index in [1.54, 1.807) is 0 Å². The largest absolute Gasteiger partial charge is 0.304 e. The van der Waals surface area contributed by atoms with Gasteiger partial charge in [-0.25, -0.2) is 0 Å². The van der Waals surface area contributed by atoms with Crippen molar-refractivity contribution >= 4 is 21.7 Å². The van der Waals surface area contributed by atoms with Gasteiger partial charge in [0.25, 0.3) is 0 Å². The number of nitrogens with zero attached hydrogens (tertiary/aromatic N) is 2. The zero-order valence-corrected chi connectivity index (χ0v) is 26.7. The molecule has 7 aromatic rings. The van der Waals surface area contributed by atoms with Crippen LogP contribution in [0.4, 0.5) is 0 Å². The SMILES string of the molecule is Cc1ccc2c(c1)C(C)(C)c1cc(-c3ccc4ccccc4n3)[c-]cc1-2.[Ir].[c-]1ccccc1-c1cc2ccccc2cn1. The van der Waals surface area contributed by atoms with Crippen molar-refractivity contribution in [3.05, 3.63) is 156 Å². The summed E-state index contributed by atoms with van der Waals surface area (Å²) in [5.41, 5.74) is 11.8. The van der Waals surface area contributed by atoms with Crippen molar-refractivity contribution < 1.29 is 20.1 Å². The Hall–Kier alpha value is -4.43. The van der Waals surface area contributed by atoms with Crippen LogP contribution in [0.2, 0.25) is 0 Å². The van der Waals surface area contributed by atoms with E-state index in [9.17, 15) is 0 Å². The molecule has 0 unspecified atom stereocenters. The Morgan fingerprint density at radius 2 is 1.35 bits per heavy atom. The Kier molecular flexibility index (Phi) is 7.79. The Bertz CT molecular complexity index is 2080. The molecular formula is C40H30IrN2-2. The first-order valence-corrected chi connectivity index (χ1v) is 14.3. The van der Waals surface area contributed by atoms with Crippen LogP contribution in [0.25, 0.3) is 55.3 Å². The summed E-state index contributed by atoms with van der Waals surface area (Å²) in [5.74, 6) is 0. The first-order chi connectivity index (χ1) is 20.5. The molecule has 0 amide bonds. The van der Waals surface area contributed by atoms with Gasteiger partial charge in [0, 0.05) is 26.3 Å². The van der Waals surface area contributed by atoms with Crippen molar-refractivity contribution in [2.24, 2.45) is 0 Å². The topological polar surface area (TPSA) is 25.8 Å². The van der Waals surface area contributed by atoms with E-state index >= 15 is 0 Å². The Morgan fingerprint density at radius 3 is 2.16 bits per heavy atom. The van der Waals surface area contributed by atoms with Crippen LogP contribution in [-0.2, 0) is 25.5 Å². The molecule has 0 N–H and O–H groups in total. The fraction of sp³-hybridized carbons (Fsp3) is 0.100. The number of fused-ring (bicyclic) bond motifs is 5. The molecular weight excluding hydrogens is 701 g/mol. The number of hydrogen-bond donors (Lipinski definition) is 0. The quantitative estimate of drug-likeness (QED) is 0.166. The minimum Gasteiger partial charge on any atom is -0.304 e. The summed E-state index contributed by atoms with van der Waals surface area (Å²) in [7, 11) is 0. The van der Waals surface area contributed by atoms with Crippen molar-refractivity contribution in [2.45, 2.75) is 26.2 Å². The molecule has 0 saturated carbocycles. The summed E-state index contributed by atoms with van der Waals surface area (Å²) < 4.78 is 0. The van der Waals surface area contributed by atoms with Crippen LogP contribution < -0.4 is 0 Å². The molecule has 0 fully saturated rings. The molecule has 43 heavy (non-hydrogen) atoms. The number of aryl methyl sites for hydroxylation is 1. The first kappa shape index (κ1) is 28.7. The average molecular weight is 731 g/mol. The minimum atomic E-state index is -0.00259. The molecule has 0 atom stereocenters. The van der Waals surface area contributed by atoms with Gasteiger partial charge in [0.05, 0.1) is 5.52 Å². The molecule has 0 spiro atoms. The van der Waals surface area contributed by atoms with E-state index < -0.39 is 0 Å². The third-order valence-electron chi connectivity index (χ3n) is 8.25. The normalized spacial score (nSPS) is 12.5. The molecule has 2 nitrogen and oxygen atoms in total. The van der Waals surface area contributed by atoms with Crippen molar-refractivity contribution in [2.75, 3.05) is 0 Å². The van der Waals surface area contributed by atoms with E-state index in [1.165, 1.54) is 44.0 Å². The van der Waals surface area contributed by atoms with Gasteiger partial charge in [0.15, 0.2) is 0 Å². The van der Waals surface area contributed by atoms with E-state index in [0.29, 0.717) is 0 Å². The monoisotopic (exact) mass is 731 g/mol. The Balaban J connectivity index is 0.000000167. The van der Waals surface area contributed by atoms with Crippen LogP contribution in [0.1, 0.15) is 30.5 Å². The molecule has 2 heterocycles. The smallest absolute Gasteiger partial charge is 0.0595 e. The molecule has 0 aliphatic heterocycles. The number of benzene rings is 5. The molecule has 8 rings (SSSR count). The van der Waals surface area contributed by atoms with Crippen LogP contribution in [0.15, 0.2) is 128 Å². The Labute approximate surface area is 266 Å². The van der Waals surface area contributed by atoms with Gasteiger partial charge < -0.3 is 4.98 Å². The summed E-state index contributed by atoms with van der Waals surface area (Å²) >= 11 is 0. The predicted molar refractivity (Wildman–Crippen MR) is 174 cm³/mol. The van der Waals surface area contributed by atoms with Crippen LogP contribution in [0, 0.1) is 19.1 Å². The Morgan fingerprint density at radius 1 is 0.605 bits per heavy atom. The second-order valence-electron chi connectivity index (χ2n) is 11.4. The van der Waals surface area contributed by atoms with Gasteiger partial charge in [0.1, 0.15) is 0 Å². The minimum absolute atomic E-state index is 0. The van der Waals surface area contributed by atoms with Gasteiger partial charge in [-0.3, -0.25) is 4.98 Å². The van der Waals surface area contributed by atoms with Crippen LogP contribution in [-0.4, -0.2) is 9.97 Å². The van der Waals surface area contributed by atoms with E-state index in [1.807, 2.05) is 54.7 Å². The maximum atomic E-state index is 4.85. The van der Waals surface area contributed by atoms with Gasteiger partial charge in [0.2, 0.25) is 0 Å². The zero-order valence-electron chi connectivity index (χ0n) is 24.4. The van der Waals surface area contributed by atoms with Crippen molar-refractivity contribution in [1.82, 2.24) is 9.97 Å².